The first-order valence-electron chi connectivity index (χ1n) is 6.89. The lowest BCUT2D eigenvalue weighted by Crippen LogP contribution is -2.26. The summed E-state index contributed by atoms with van der Waals surface area (Å²) in [4.78, 5) is 17.9. The van der Waals surface area contributed by atoms with E-state index in [-0.39, 0.29) is 5.91 Å². The SMILES string of the molecule is CC(C)COc1ccc(C(=O)N(C)Cc2ncn[nH]2)cc1. The maximum absolute atomic E-state index is 12.3. The molecule has 2 aromatic rings. The number of hydrogen-bond donors (Lipinski definition) is 1. The molecule has 0 aliphatic carbocycles. The Morgan fingerprint density at radius 3 is 2.62 bits per heavy atom. The minimum atomic E-state index is -0.0678. The summed E-state index contributed by atoms with van der Waals surface area (Å²) in [5.41, 5.74) is 0.619. The second-order valence-electron chi connectivity index (χ2n) is 5.32. The molecule has 0 bridgehead atoms. The number of amides is 1. The summed E-state index contributed by atoms with van der Waals surface area (Å²) >= 11 is 0. The lowest BCUT2D eigenvalue weighted by atomic mass is 10.2. The van der Waals surface area contributed by atoms with Crippen LogP contribution in [-0.4, -0.2) is 39.6 Å². The predicted octanol–water partition coefficient (Wildman–Crippen LogP) is 2.11. The molecule has 0 saturated heterocycles. The highest BCUT2D eigenvalue weighted by Crippen LogP contribution is 2.14. The zero-order valence-corrected chi connectivity index (χ0v) is 12.5. The van der Waals surface area contributed by atoms with Gasteiger partial charge in [-0.15, -0.1) is 0 Å². The molecule has 6 heteroatoms. The summed E-state index contributed by atoms with van der Waals surface area (Å²) in [5.74, 6) is 1.84. The number of benzene rings is 1. The first kappa shape index (κ1) is 15.0. The van der Waals surface area contributed by atoms with Gasteiger partial charge in [0.15, 0.2) is 0 Å². The molecule has 1 aromatic heterocycles. The summed E-state index contributed by atoms with van der Waals surface area (Å²) in [7, 11) is 1.73. The van der Waals surface area contributed by atoms with Crippen LogP contribution in [0.25, 0.3) is 0 Å². The van der Waals surface area contributed by atoms with Crippen molar-refractivity contribution in [2.75, 3.05) is 13.7 Å². The van der Waals surface area contributed by atoms with Gasteiger partial charge in [-0.1, -0.05) is 13.8 Å². The van der Waals surface area contributed by atoms with Crippen LogP contribution in [-0.2, 0) is 6.54 Å². The van der Waals surface area contributed by atoms with Crippen LogP contribution in [0.3, 0.4) is 0 Å². The predicted molar refractivity (Wildman–Crippen MR) is 79.0 cm³/mol. The van der Waals surface area contributed by atoms with E-state index in [0.29, 0.717) is 30.5 Å². The van der Waals surface area contributed by atoms with Gasteiger partial charge in [0.2, 0.25) is 0 Å². The number of nitrogens with one attached hydrogen (secondary N) is 1. The van der Waals surface area contributed by atoms with E-state index in [9.17, 15) is 4.79 Å². The molecule has 0 fully saturated rings. The molecule has 1 N–H and O–H groups in total. The maximum atomic E-state index is 12.3. The Balaban J connectivity index is 1.95. The second-order valence-corrected chi connectivity index (χ2v) is 5.32. The van der Waals surface area contributed by atoms with Gasteiger partial charge in [0.1, 0.15) is 17.9 Å². The molecule has 0 aliphatic heterocycles. The van der Waals surface area contributed by atoms with Gasteiger partial charge in [-0.2, -0.15) is 5.10 Å². The van der Waals surface area contributed by atoms with Crippen molar-refractivity contribution in [2.45, 2.75) is 20.4 Å². The summed E-state index contributed by atoms with van der Waals surface area (Å²) in [6.07, 6.45) is 1.43. The number of carbonyl (C=O) groups is 1. The van der Waals surface area contributed by atoms with E-state index in [2.05, 4.69) is 29.0 Å². The van der Waals surface area contributed by atoms with Crippen LogP contribution >= 0.6 is 0 Å². The average Bonchev–Trinajstić information content (AvgIpc) is 2.97. The summed E-state index contributed by atoms with van der Waals surface area (Å²) in [6.45, 7) is 5.25. The number of hydrogen-bond acceptors (Lipinski definition) is 4. The van der Waals surface area contributed by atoms with Crippen LogP contribution in [0, 0.1) is 5.92 Å². The third-order valence-electron chi connectivity index (χ3n) is 2.88. The lowest BCUT2D eigenvalue weighted by Gasteiger charge is -2.16. The topological polar surface area (TPSA) is 71.1 Å². The van der Waals surface area contributed by atoms with Crippen molar-refractivity contribution >= 4 is 5.91 Å². The van der Waals surface area contributed by atoms with Gasteiger partial charge in [-0.25, -0.2) is 4.98 Å². The smallest absolute Gasteiger partial charge is 0.254 e. The third kappa shape index (κ3) is 4.30. The van der Waals surface area contributed by atoms with Crippen LogP contribution < -0.4 is 4.74 Å². The van der Waals surface area contributed by atoms with E-state index in [1.807, 2.05) is 12.1 Å². The summed E-state index contributed by atoms with van der Waals surface area (Å²) in [5, 5.41) is 6.50. The third-order valence-corrected chi connectivity index (χ3v) is 2.88. The number of H-pyrrole nitrogens is 1. The molecular formula is C15H20N4O2. The van der Waals surface area contributed by atoms with Crippen molar-refractivity contribution in [1.29, 1.82) is 0 Å². The van der Waals surface area contributed by atoms with Crippen LogP contribution in [0.1, 0.15) is 30.0 Å². The minimum absolute atomic E-state index is 0.0678. The molecule has 0 unspecified atom stereocenters. The molecule has 21 heavy (non-hydrogen) atoms. The monoisotopic (exact) mass is 288 g/mol. The zero-order chi connectivity index (χ0) is 15.2. The Bertz CT molecular complexity index is 564. The molecule has 1 heterocycles. The van der Waals surface area contributed by atoms with Crippen molar-refractivity contribution in [3.05, 3.63) is 42.0 Å². The van der Waals surface area contributed by atoms with E-state index < -0.39 is 0 Å². The lowest BCUT2D eigenvalue weighted by molar-refractivity contribution is 0.0781. The Morgan fingerprint density at radius 1 is 1.33 bits per heavy atom. The Labute approximate surface area is 124 Å². The summed E-state index contributed by atoms with van der Waals surface area (Å²) < 4.78 is 5.60. The standard InChI is InChI=1S/C15H20N4O2/c1-11(2)9-21-13-6-4-12(5-7-13)15(20)19(3)8-14-16-10-17-18-14/h4-7,10-11H,8-9H2,1-3H3,(H,16,17,18). The van der Waals surface area contributed by atoms with Crippen molar-refractivity contribution in [3.8, 4) is 5.75 Å². The van der Waals surface area contributed by atoms with Crippen molar-refractivity contribution in [2.24, 2.45) is 5.92 Å². The highest BCUT2D eigenvalue weighted by molar-refractivity contribution is 5.94. The van der Waals surface area contributed by atoms with E-state index in [1.165, 1.54) is 6.33 Å². The molecule has 0 aliphatic rings. The molecule has 1 aromatic carbocycles. The van der Waals surface area contributed by atoms with E-state index in [4.69, 9.17) is 4.74 Å². The highest BCUT2D eigenvalue weighted by atomic mass is 16.5. The molecule has 1 amide bonds. The fraction of sp³-hybridized carbons (Fsp3) is 0.400. The number of carbonyl (C=O) groups excluding carboxylic acids is 1. The molecule has 0 spiro atoms. The van der Waals surface area contributed by atoms with Crippen LogP contribution in [0.2, 0.25) is 0 Å². The number of nitrogens with zero attached hydrogens (tertiary/aromatic N) is 3. The van der Waals surface area contributed by atoms with E-state index in [1.54, 1.807) is 24.1 Å². The number of rotatable bonds is 6. The van der Waals surface area contributed by atoms with Crippen LogP contribution in [0.5, 0.6) is 5.75 Å². The molecular weight excluding hydrogens is 268 g/mol. The van der Waals surface area contributed by atoms with Gasteiger partial charge in [-0.3, -0.25) is 9.89 Å². The van der Waals surface area contributed by atoms with Gasteiger partial charge in [0.25, 0.3) is 5.91 Å². The van der Waals surface area contributed by atoms with Gasteiger partial charge in [0, 0.05) is 12.6 Å². The van der Waals surface area contributed by atoms with Crippen molar-refractivity contribution < 1.29 is 9.53 Å². The normalized spacial score (nSPS) is 10.7. The number of aromatic nitrogens is 3. The second kappa shape index (κ2) is 6.88. The van der Waals surface area contributed by atoms with Crippen LogP contribution in [0.15, 0.2) is 30.6 Å². The summed E-state index contributed by atoms with van der Waals surface area (Å²) in [6, 6.07) is 7.18. The first-order chi connectivity index (χ1) is 10.1. The zero-order valence-electron chi connectivity index (χ0n) is 12.5. The average molecular weight is 288 g/mol. The van der Waals surface area contributed by atoms with Gasteiger partial charge >= 0.3 is 0 Å². The fourth-order valence-corrected chi connectivity index (χ4v) is 1.78. The Hall–Kier alpha value is -2.37. The van der Waals surface area contributed by atoms with Crippen molar-refractivity contribution in [1.82, 2.24) is 20.1 Å². The molecule has 0 saturated carbocycles. The Kier molecular flexibility index (Phi) is 4.92. The highest BCUT2D eigenvalue weighted by Gasteiger charge is 2.13. The molecule has 112 valence electrons. The number of ether oxygens (including phenoxy) is 1. The Morgan fingerprint density at radius 2 is 2.05 bits per heavy atom. The van der Waals surface area contributed by atoms with Gasteiger partial charge < -0.3 is 9.64 Å². The largest absolute Gasteiger partial charge is 0.493 e. The van der Waals surface area contributed by atoms with Gasteiger partial charge in [0.05, 0.1) is 13.2 Å². The van der Waals surface area contributed by atoms with E-state index >= 15 is 0 Å². The van der Waals surface area contributed by atoms with Crippen LogP contribution in [0.4, 0.5) is 0 Å². The fourth-order valence-electron chi connectivity index (χ4n) is 1.78. The molecule has 6 nitrogen and oxygen atoms in total. The quantitative estimate of drug-likeness (QED) is 0.883. The first-order valence-corrected chi connectivity index (χ1v) is 6.89. The molecule has 0 radical (unpaired) electrons. The van der Waals surface area contributed by atoms with E-state index in [0.717, 1.165) is 5.75 Å². The molecule has 0 atom stereocenters. The molecule has 2 rings (SSSR count). The maximum Gasteiger partial charge on any atom is 0.254 e. The number of aromatic amines is 1. The van der Waals surface area contributed by atoms with Gasteiger partial charge in [-0.05, 0) is 30.2 Å². The minimum Gasteiger partial charge on any atom is -0.493 e. The van der Waals surface area contributed by atoms with Crippen molar-refractivity contribution in [3.63, 3.8) is 0 Å².